The standard InChI is InChI=1S/C22H26FN3O2/c1-16-7-3-4-8-17(16)15-25(2)22(28)24-18-11-13-26(14-12-18)21(27)19-9-5-6-10-20(19)23/h3-10,18H,11-15H2,1-2H3,(H,24,28). The van der Waals surface area contributed by atoms with Gasteiger partial charge in [-0.2, -0.15) is 0 Å². The Bertz CT molecular complexity index is 847. The van der Waals surface area contributed by atoms with E-state index in [4.69, 9.17) is 0 Å². The highest BCUT2D eigenvalue weighted by molar-refractivity contribution is 5.94. The fourth-order valence-corrected chi connectivity index (χ4v) is 3.43. The molecule has 0 saturated carbocycles. The van der Waals surface area contributed by atoms with Crippen molar-refractivity contribution >= 4 is 11.9 Å². The number of urea groups is 1. The molecule has 0 aromatic heterocycles. The highest BCUT2D eigenvalue weighted by Gasteiger charge is 2.26. The van der Waals surface area contributed by atoms with E-state index in [1.807, 2.05) is 31.2 Å². The van der Waals surface area contributed by atoms with Gasteiger partial charge >= 0.3 is 6.03 Å². The van der Waals surface area contributed by atoms with E-state index in [0.717, 1.165) is 11.1 Å². The first-order valence-electron chi connectivity index (χ1n) is 9.55. The normalized spacial score (nSPS) is 14.6. The molecule has 6 heteroatoms. The summed E-state index contributed by atoms with van der Waals surface area (Å²) in [6.07, 6.45) is 1.31. The number of carbonyl (C=O) groups excluding carboxylic acids is 2. The molecule has 1 N–H and O–H groups in total. The van der Waals surface area contributed by atoms with Gasteiger partial charge in [-0.05, 0) is 43.0 Å². The molecule has 2 aromatic carbocycles. The van der Waals surface area contributed by atoms with E-state index < -0.39 is 5.82 Å². The lowest BCUT2D eigenvalue weighted by Crippen LogP contribution is -2.49. The van der Waals surface area contributed by atoms with E-state index in [9.17, 15) is 14.0 Å². The molecule has 2 aromatic rings. The topological polar surface area (TPSA) is 52.7 Å². The van der Waals surface area contributed by atoms with Gasteiger partial charge in [0.05, 0.1) is 5.56 Å². The first-order valence-corrected chi connectivity index (χ1v) is 9.55. The Labute approximate surface area is 165 Å². The third-order valence-corrected chi connectivity index (χ3v) is 5.23. The monoisotopic (exact) mass is 383 g/mol. The number of hydrogen-bond donors (Lipinski definition) is 1. The van der Waals surface area contributed by atoms with Gasteiger partial charge in [0, 0.05) is 32.7 Å². The molecule has 0 unspecified atom stereocenters. The summed E-state index contributed by atoms with van der Waals surface area (Å²) in [5.41, 5.74) is 2.37. The molecule has 1 aliphatic rings. The van der Waals surface area contributed by atoms with E-state index in [1.165, 1.54) is 12.1 Å². The molecule has 28 heavy (non-hydrogen) atoms. The zero-order valence-electron chi connectivity index (χ0n) is 16.3. The quantitative estimate of drug-likeness (QED) is 0.877. The number of nitrogens with one attached hydrogen (secondary N) is 1. The van der Waals surface area contributed by atoms with Gasteiger partial charge in [-0.3, -0.25) is 4.79 Å². The third-order valence-electron chi connectivity index (χ3n) is 5.23. The second-order valence-electron chi connectivity index (χ2n) is 7.28. The maximum Gasteiger partial charge on any atom is 0.317 e. The van der Waals surface area contributed by atoms with E-state index >= 15 is 0 Å². The molecule has 0 bridgehead atoms. The summed E-state index contributed by atoms with van der Waals surface area (Å²) in [6.45, 7) is 3.58. The Morgan fingerprint density at radius 2 is 1.75 bits per heavy atom. The van der Waals surface area contributed by atoms with Crippen LogP contribution >= 0.6 is 0 Å². The van der Waals surface area contributed by atoms with Crippen LogP contribution in [0.3, 0.4) is 0 Å². The highest BCUT2D eigenvalue weighted by atomic mass is 19.1. The Kier molecular flexibility index (Phi) is 6.29. The van der Waals surface area contributed by atoms with Gasteiger partial charge in [0.15, 0.2) is 0 Å². The lowest BCUT2D eigenvalue weighted by Gasteiger charge is -2.33. The van der Waals surface area contributed by atoms with Crippen molar-refractivity contribution in [3.8, 4) is 0 Å². The number of benzene rings is 2. The van der Waals surface area contributed by atoms with Crippen molar-refractivity contribution in [1.82, 2.24) is 15.1 Å². The zero-order chi connectivity index (χ0) is 20.1. The molecule has 148 valence electrons. The average molecular weight is 383 g/mol. The summed E-state index contributed by atoms with van der Waals surface area (Å²) in [4.78, 5) is 28.3. The smallest absolute Gasteiger partial charge is 0.317 e. The number of hydrogen-bond acceptors (Lipinski definition) is 2. The number of halogens is 1. The zero-order valence-corrected chi connectivity index (χ0v) is 16.3. The molecular formula is C22H26FN3O2. The van der Waals surface area contributed by atoms with Crippen LogP contribution in [0.5, 0.6) is 0 Å². The van der Waals surface area contributed by atoms with E-state index in [2.05, 4.69) is 5.32 Å². The van der Waals surface area contributed by atoms with Crippen molar-refractivity contribution in [2.75, 3.05) is 20.1 Å². The Morgan fingerprint density at radius 3 is 2.43 bits per heavy atom. The summed E-state index contributed by atoms with van der Waals surface area (Å²) in [7, 11) is 1.78. The Morgan fingerprint density at radius 1 is 1.11 bits per heavy atom. The first kappa shape index (κ1) is 19.9. The van der Waals surface area contributed by atoms with Gasteiger partial charge in [-0.15, -0.1) is 0 Å². The Balaban J connectivity index is 1.50. The van der Waals surface area contributed by atoms with E-state index in [-0.39, 0.29) is 23.5 Å². The number of carbonyl (C=O) groups is 2. The van der Waals surface area contributed by atoms with Crippen LogP contribution in [0.15, 0.2) is 48.5 Å². The summed E-state index contributed by atoms with van der Waals surface area (Å²) in [5.74, 6) is -0.791. The van der Waals surface area contributed by atoms with Gasteiger partial charge in [-0.1, -0.05) is 36.4 Å². The highest BCUT2D eigenvalue weighted by Crippen LogP contribution is 2.16. The summed E-state index contributed by atoms with van der Waals surface area (Å²) in [6, 6.07) is 13.9. The van der Waals surface area contributed by atoms with Crippen molar-refractivity contribution in [2.24, 2.45) is 0 Å². The Hall–Kier alpha value is -2.89. The number of aryl methyl sites for hydroxylation is 1. The molecule has 5 nitrogen and oxygen atoms in total. The van der Waals surface area contributed by atoms with Crippen molar-refractivity contribution < 1.29 is 14.0 Å². The minimum atomic E-state index is -0.499. The summed E-state index contributed by atoms with van der Waals surface area (Å²) in [5, 5.41) is 3.04. The maximum atomic E-state index is 13.8. The summed E-state index contributed by atoms with van der Waals surface area (Å²) >= 11 is 0. The second kappa shape index (κ2) is 8.87. The first-order chi connectivity index (χ1) is 13.5. The number of nitrogens with zero attached hydrogens (tertiary/aromatic N) is 2. The van der Waals surface area contributed by atoms with Gasteiger partial charge < -0.3 is 15.1 Å². The molecule has 0 radical (unpaired) electrons. The molecule has 1 aliphatic heterocycles. The molecule has 0 atom stereocenters. The molecule has 1 heterocycles. The molecule has 1 fully saturated rings. The SMILES string of the molecule is Cc1ccccc1CN(C)C(=O)NC1CCN(C(=O)c2ccccc2F)CC1. The minimum absolute atomic E-state index is 0.0106. The molecule has 0 aliphatic carbocycles. The van der Waals surface area contributed by atoms with Crippen LogP contribution in [0.2, 0.25) is 0 Å². The predicted molar refractivity (Wildman–Crippen MR) is 107 cm³/mol. The number of amides is 3. The number of rotatable bonds is 4. The lowest BCUT2D eigenvalue weighted by molar-refractivity contribution is 0.0702. The maximum absolute atomic E-state index is 13.8. The minimum Gasteiger partial charge on any atom is -0.338 e. The average Bonchev–Trinajstić information content (AvgIpc) is 2.70. The number of piperidine rings is 1. The largest absolute Gasteiger partial charge is 0.338 e. The molecule has 3 rings (SSSR count). The fourth-order valence-electron chi connectivity index (χ4n) is 3.43. The van der Waals surface area contributed by atoms with Crippen molar-refractivity contribution in [3.63, 3.8) is 0 Å². The van der Waals surface area contributed by atoms with Crippen LogP contribution in [0.1, 0.15) is 34.3 Å². The van der Waals surface area contributed by atoms with Gasteiger partial charge in [-0.25, -0.2) is 9.18 Å². The molecule has 0 spiro atoms. The van der Waals surface area contributed by atoms with Crippen LogP contribution in [0.25, 0.3) is 0 Å². The van der Waals surface area contributed by atoms with Crippen LogP contribution in [0, 0.1) is 12.7 Å². The van der Waals surface area contributed by atoms with E-state index in [1.54, 1.807) is 29.0 Å². The van der Waals surface area contributed by atoms with Gasteiger partial charge in [0.25, 0.3) is 5.91 Å². The second-order valence-corrected chi connectivity index (χ2v) is 7.28. The molecule has 3 amide bonds. The number of likely N-dealkylation sites (tertiary alicyclic amines) is 1. The van der Waals surface area contributed by atoms with Crippen LogP contribution in [-0.4, -0.2) is 47.9 Å². The molecule has 1 saturated heterocycles. The third kappa shape index (κ3) is 4.68. The fraction of sp³-hybridized carbons (Fsp3) is 0.364. The van der Waals surface area contributed by atoms with Crippen LogP contribution in [0.4, 0.5) is 9.18 Å². The molecular weight excluding hydrogens is 357 g/mol. The van der Waals surface area contributed by atoms with Crippen LogP contribution in [-0.2, 0) is 6.54 Å². The van der Waals surface area contributed by atoms with Crippen LogP contribution < -0.4 is 5.32 Å². The predicted octanol–water partition coefficient (Wildman–Crippen LogP) is 3.58. The van der Waals surface area contributed by atoms with Crippen molar-refractivity contribution in [3.05, 3.63) is 71.0 Å². The van der Waals surface area contributed by atoms with Gasteiger partial charge in [0.2, 0.25) is 0 Å². The van der Waals surface area contributed by atoms with Crippen molar-refractivity contribution in [1.29, 1.82) is 0 Å². The summed E-state index contributed by atoms with van der Waals surface area (Å²) < 4.78 is 13.8. The van der Waals surface area contributed by atoms with Gasteiger partial charge in [0.1, 0.15) is 5.82 Å². The van der Waals surface area contributed by atoms with E-state index in [0.29, 0.717) is 32.5 Å². The van der Waals surface area contributed by atoms with Crippen molar-refractivity contribution in [2.45, 2.75) is 32.4 Å². The lowest BCUT2D eigenvalue weighted by atomic mass is 10.0.